The van der Waals surface area contributed by atoms with Crippen molar-refractivity contribution in [3.05, 3.63) is 70.9 Å². The molecule has 0 aliphatic carbocycles. The molecule has 32 heavy (non-hydrogen) atoms. The molecule has 168 valence electrons. The summed E-state index contributed by atoms with van der Waals surface area (Å²) in [6, 6.07) is 12.9. The average molecular weight is 437 g/mol. The molecule has 0 spiro atoms. The number of rotatable bonds is 7. The predicted molar refractivity (Wildman–Crippen MR) is 120 cm³/mol. The highest BCUT2D eigenvalue weighted by Crippen LogP contribution is 2.32. The number of nitrogens with zero attached hydrogens (tertiary/aromatic N) is 1. The maximum atomic E-state index is 12.8. The minimum absolute atomic E-state index is 0.287. The van der Waals surface area contributed by atoms with Crippen LogP contribution in [0.3, 0.4) is 0 Å². The van der Waals surface area contributed by atoms with Gasteiger partial charge in [0.05, 0.1) is 31.4 Å². The molecular formula is C24H27N3O5. The van der Waals surface area contributed by atoms with E-state index in [2.05, 4.69) is 10.6 Å². The van der Waals surface area contributed by atoms with Crippen LogP contribution in [0.15, 0.2) is 59.8 Å². The number of ether oxygens (including phenoxy) is 2. The number of amides is 3. The fourth-order valence-electron chi connectivity index (χ4n) is 3.73. The van der Waals surface area contributed by atoms with Crippen molar-refractivity contribution in [3.63, 3.8) is 0 Å². The molecule has 8 nitrogen and oxygen atoms in total. The first kappa shape index (κ1) is 22.9. The zero-order valence-corrected chi connectivity index (χ0v) is 18.6. The number of hydrogen-bond donors (Lipinski definition) is 2. The maximum absolute atomic E-state index is 12.8. The summed E-state index contributed by atoms with van der Waals surface area (Å²) in [7, 11) is 2.81. The number of urea groups is 1. The molecule has 8 heteroatoms. The molecule has 1 unspecified atom stereocenters. The van der Waals surface area contributed by atoms with Gasteiger partial charge >= 0.3 is 12.0 Å². The maximum Gasteiger partial charge on any atom is 0.337 e. The molecule has 1 aliphatic heterocycles. The van der Waals surface area contributed by atoms with Crippen molar-refractivity contribution in [2.45, 2.75) is 26.3 Å². The number of methoxy groups -OCH3 is 2. The summed E-state index contributed by atoms with van der Waals surface area (Å²) >= 11 is 0. The molecule has 2 aromatic rings. The van der Waals surface area contributed by atoms with Gasteiger partial charge in [0.1, 0.15) is 5.75 Å². The Balaban J connectivity index is 1.94. The predicted octanol–water partition coefficient (Wildman–Crippen LogP) is 3.87. The summed E-state index contributed by atoms with van der Waals surface area (Å²) in [5.41, 5.74) is 2.47. The third kappa shape index (κ3) is 4.59. The quantitative estimate of drug-likeness (QED) is 0.641. The number of para-hydroxylation sites is 1. The summed E-state index contributed by atoms with van der Waals surface area (Å²) in [6.45, 7) is 4.18. The summed E-state index contributed by atoms with van der Waals surface area (Å²) < 4.78 is 10.3. The van der Waals surface area contributed by atoms with E-state index in [-0.39, 0.29) is 11.9 Å². The Morgan fingerprint density at radius 1 is 1.12 bits per heavy atom. The molecule has 0 aromatic heterocycles. The van der Waals surface area contributed by atoms with Crippen molar-refractivity contribution in [3.8, 4) is 5.75 Å². The van der Waals surface area contributed by atoms with Crippen molar-refractivity contribution in [2.24, 2.45) is 0 Å². The molecule has 1 heterocycles. The number of hydrogen-bond acceptors (Lipinski definition) is 5. The van der Waals surface area contributed by atoms with Gasteiger partial charge in [-0.3, -0.25) is 9.69 Å². The van der Waals surface area contributed by atoms with E-state index in [0.29, 0.717) is 40.4 Å². The van der Waals surface area contributed by atoms with Crippen molar-refractivity contribution >= 4 is 23.6 Å². The van der Waals surface area contributed by atoms with Crippen LogP contribution in [0.25, 0.3) is 0 Å². The lowest BCUT2D eigenvalue weighted by atomic mass is 9.94. The van der Waals surface area contributed by atoms with Crippen LogP contribution in [-0.4, -0.2) is 43.6 Å². The van der Waals surface area contributed by atoms with E-state index >= 15 is 0 Å². The Hall–Kier alpha value is -3.81. The molecule has 0 radical (unpaired) electrons. The molecule has 2 N–H and O–H groups in total. The minimum atomic E-state index is -0.703. The Labute approximate surface area is 187 Å². The number of anilines is 1. The van der Waals surface area contributed by atoms with Gasteiger partial charge in [0.25, 0.3) is 5.91 Å². The van der Waals surface area contributed by atoms with E-state index < -0.39 is 12.0 Å². The second-order valence-corrected chi connectivity index (χ2v) is 7.30. The largest absolute Gasteiger partial charge is 0.496 e. The summed E-state index contributed by atoms with van der Waals surface area (Å²) in [5.74, 6) is -0.387. The third-order valence-electron chi connectivity index (χ3n) is 5.28. The fourth-order valence-corrected chi connectivity index (χ4v) is 3.73. The summed E-state index contributed by atoms with van der Waals surface area (Å²) in [4.78, 5) is 39.6. The number of carbonyl (C=O) groups excluding carboxylic acids is 3. The molecule has 0 fully saturated rings. The highest BCUT2D eigenvalue weighted by molar-refractivity contribution is 6.06. The Kier molecular flexibility index (Phi) is 7.14. The molecule has 0 saturated carbocycles. The molecule has 3 amide bonds. The first-order valence-corrected chi connectivity index (χ1v) is 10.3. The third-order valence-corrected chi connectivity index (χ3v) is 5.28. The van der Waals surface area contributed by atoms with Gasteiger partial charge in [-0.15, -0.1) is 0 Å². The lowest BCUT2D eigenvalue weighted by Crippen LogP contribution is -2.48. The highest BCUT2D eigenvalue weighted by Gasteiger charge is 2.36. The number of carbonyl (C=O) groups is 3. The Bertz CT molecular complexity index is 1060. The first-order chi connectivity index (χ1) is 15.4. The van der Waals surface area contributed by atoms with Gasteiger partial charge < -0.3 is 20.1 Å². The lowest BCUT2D eigenvalue weighted by molar-refractivity contribution is -0.136. The van der Waals surface area contributed by atoms with Crippen LogP contribution in [0.4, 0.5) is 10.5 Å². The molecule has 1 aliphatic rings. The van der Waals surface area contributed by atoms with Crippen molar-refractivity contribution in [1.29, 1.82) is 0 Å². The van der Waals surface area contributed by atoms with Gasteiger partial charge in [-0.05, 0) is 43.2 Å². The monoisotopic (exact) mass is 437 g/mol. The van der Waals surface area contributed by atoms with Crippen LogP contribution in [0.5, 0.6) is 5.75 Å². The molecule has 0 bridgehead atoms. The zero-order valence-electron chi connectivity index (χ0n) is 18.6. The van der Waals surface area contributed by atoms with E-state index in [1.807, 2.05) is 6.92 Å². The van der Waals surface area contributed by atoms with Gasteiger partial charge in [0.2, 0.25) is 0 Å². The standard InChI is InChI=1S/C24H27N3O5/c1-5-13-27-15(2)20(23(29)32-4)21(26-24(27)30)16-9-8-10-17(14-16)25-22(28)18-11-6-7-12-19(18)31-3/h6-12,14,21H,5,13H2,1-4H3,(H,25,28)(H,26,30). The van der Waals surface area contributed by atoms with Gasteiger partial charge in [0.15, 0.2) is 0 Å². The molecule has 3 rings (SSSR count). The van der Waals surface area contributed by atoms with Crippen LogP contribution in [-0.2, 0) is 9.53 Å². The van der Waals surface area contributed by atoms with E-state index in [1.165, 1.54) is 19.1 Å². The van der Waals surface area contributed by atoms with E-state index in [9.17, 15) is 14.4 Å². The second-order valence-electron chi connectivity index (χ2n) is 7.30. The van der Waals surface area contributed by atoms with Crippen LogP contribution in [0.2, 0.25) is 0 Å². The van der Waals surface area contributed by atoms with Crippen LogP contribution in [0.1, 0.15) is 42.2 Å². The van der Waals surface area contributed by atoms with Gasteiger partial charge in [-0.25, -0.2) is 9.59 Å². The van der Waals surface area contributed by atoms with Crippen LogP contribution >= 0.6 is 0 Å². The van der Waals surface area contributed by atoms with Crippen molar-refractivity contribution < 1.29 is 23.9 Å². The number of benzene rings is 2. The summed E-state index contributed by atoms with van der Waals surface area (Å²) in [6.07, 6.45) is 0.744. The molecule has 0 saturated heterocycles. The van der Waals surface area contributed by atoms with E-state index in [1.54, 1.807) is 55.5 Å². The van der Waals surface area contributed by atoms with Crippen molar-refractivity contribution in [2.75, 3.05) is 26.1 Å². The van der Waals surface area contributed by atoms with Crippen LogP contribution < -0.4 is 15.4 Å². The smallest absolute Gasteiger partial charge is 0.337 e. The number of esters is 1. The zero-order chi connectivity index (χ0) is 23.3. The van der Waals surface area contributed by atoms with Gasteiger partial charge in [-0.1, -0.05) is 31.2 Å². The van der Waals surface area contributed by atoms with E-state index in [4.69, 9.17) is 9.47 Å². The minimum Gasteiger partial charge on any atom is -0.496 e. The van der Waals surface area contributed by atoms with Gasteiger partial charge in [-0.2, -0.15) is 0 Å². The first-order valence-electron chi connectivity index (χ1n) is 10.3. The molecule has 1 atom stereocenters. The Morgan fingerprint density at radius 2 is 1.88 bits per heavy atom. The SMILES string of the molecule is CCCN1C(=O)NC(c2cccc(NC(=O)c3ccccc3OC)c2)C(C(=O)OC)=C1C. The van der Waals surface area contributed by atoms with E-state index in [0.717, 1.165) is 6.42 Å². The normalized spacial score (nSPS) is 15.8. The number of nitrogens with one attached hydrogen (secondary N) is 2. The molecule has 2 aromatic carbocycles. The number of allylic oxidation sites excluding steroid dienone is 1. The van der Waals surface area contributed by atoms with Crippen molar-refractivity contribution in [1.82, 2.24) is 10.2 Å². The van der Waals surface area contributed by atoms with Gasteiger partial charge in [0, 0.05) is 17.9 Å². The average Bonchev–Trinajstić information content (AvgIpc) is 2.81. The highest BCUT2D eigenvalue weighted by atomic mass is 16.5. The summed E-state index contributed by atoms with van der Waals surface area (Å²) in [5, 5.41) is 5.74. The lowest BCUT2D eigenvalue weighted by Gasteiger charge is -2.35. The Morgan fingerprint density at radius 3 is 2.56 bits per heavy atom. The second kappa shape index (κ2) is 10.00. The molecular weight excluding hydrogens is 410 g/mol. The topological polar surface area (TPSA) is 97.0 Å². The fraction of sp³-hybridized carbons (Fsp3) is 0.292. The van der Waals surface area contributed by atoms with Crippen LogP contribution in [0, 0.1) is 0 Å².